The fourth-order valence-corrected chi connectivity index (χ4v) is 2.29. The van der Waals surface area contributed by atoms with Crippen LogP contribution in [0.4, 0.5) is 5.69 Å². The minimum absolute atomic E-state index is 0.279. The van der Waals surface area contributed by atoms with Crippen LogP contribution >= 0.6 is 0 Å². The average molecular weight is 291 g/mol. The van der Waals surface area contributed by atoms with E-state index in [1.54, 1.807) is 0 Å². The first-order chi connectivity index (χ1) is 10.0. The maximum absolute atomic E-state index is 11.3. The second-order valence-electron chi connectivity index (χ2n) is 5.89. The lowest BCUT2D eigenvalue weighted by Gasteiger charge is -2.26. The molecule has 0 aliphatic carbocycles. The van der Waals surface area contributed by atoms with Crippen molar-refractivity contribution in [1.29, 1.82) is 0 Å². The van der Waals surface area contributed by atoms with Crippen molar-refractivity contribution in [2.24, 2.45) is 11.7 Å². The van der Waals surface area contributed by atoms with Gasteiger partial charge in [-0.3, -0.25) is 4.79 Å². The second-order valence-corrected chi connectivity index (χ2v) is 5.89. The first kappa shape index (κ1) is 17.5. The number of benzene rings is 1. The Labute approximate surface area is 128 Å². The Hall–Kier alpha value is -1.55. The number of primary amides is 1. The summed E-state index contributed by atoms with van der Waals surface area (Å²) in [7, 11) is 0. The molecule has 1 aromatic carbocycles. The zero-order chi connectivity index (χ0) is 15.7. The topological polar surface area (TPSA) is 58.4 Å². The molecule has 0 aliphatic rings. The standard InChI is InChI=1S/C17H29N3O/c1-4-5-10-20(13-17(18)21)16-9-7-6-8-15(16)12-19-11-14(2)3/h6-9,14,19H,4-5,10-13H2,1-3H3,(H2,18,21). The zero-order valence-electron chi connectivity index (χ0n) is 13.6. The molecule has 1 rings (SSSR count). The van der Waals surface area contributed by atoms with Crippen molar-refractivity contribution in [2.75, 3.05) is 24.5 Å². The van der Waals surface area contributed by atoms with Crippen molar-refractivity contribution in [1.82, 2.24) is 5.32 Å². The number of nitrogens with one attached hydrogen (secondary N) is 1. The van der Waals surface area contributed by atoms with E-state index in [2.05, 4.69) is 43.1 Å². The van der Waals surface area contributed by atoms with Crippen LogP contribution < -0.4 is 16.0 Å². The zero-order valence-corrected chi connectivity index (χ0v) is 13.6. The van der Waals surface area contributed by atoms with Gasteiger partial charge in [-0.25, -0.2) is 0 Å². The normalized spacial score (nSPS) is 10.9. The average Bonchev–Trinajstić information content (AvgIpc) is 2.43. The molecule has 0 atom stereocenters. The minimum Gasteiger partial charge on any atom is -0.368 e. The summed E-state index contributed by atoms with van der Waals surface area (Å²) in [6, 6.07) is 8.24. The maximum Gasteiger partial charge on any atom is 0.236 e. The molecule has 0 spiro atoms. The van der Waals surface area contributed by atoms with E-state index >= 15 is 0 Å². The molecule has 0 heterocycles. The molecule has 0 unspecified atom stereocenters. The van der Waals surface area contributed by atoms with Crippen LogP contribution in [0.25, 0.3) is 0 Å². The van der Waals surface area contributed by atoms with Crippen LogP contribution in [0.1, 0.15) is 39.2 Å². The molecule has 0 saturated heterocycles. The van der Waals surface area contributed by atoms with Crippen LogP contribution in [0.5, 0.6) is 0 Å². The largest absolute Gasteiger partial charge is 0.368 e. The fourth-order valence-electron chi connectivity index (χ4n) is 2.29. The number of carbonyl (C=O) groups is 1. The summed E-state index contributed by atoms with van der Waals surface area (Å²) in [5, 5.41) is 3.46. The van der Waals surface area contributed by atoms with E-state index in [0.29, 0.717) is 5.92 Å². The van der Waals surface area contributed by atoms with Crippen molar-refractivity contribution < 1.29 is 4.79 Å². The maximum atomic E-state index is 11.3. The molecule has 0 aromatic heterocycles. The molecular weight excluding hydrogens is 262 g/mol. The van der Waals surface area contributed by atoms with Crippen molar-refractivity contribution >= 4 is 11.6 Å². The number of hydrogen-bond donors (Lipinski definition) is 2. The van der Waals surface area contributed by atoms with E-state index in [0.717, 1.165) is 38.2 Å². The highest BCUT2D eigenvalue weighted by Crippen LogP contribution is 2.20. The van der Waals surface area contributed by atoms with Crippen LogP contribution in [-0.2, 0) is 11.3 Å². The van der Waals surface area contributed by atoms with Crippen LogP contribution in [0, 0.1) is 5.92 Å². The highest BCUT2D eigenvalue weighted by Gasteiger charge is 2.12. The Morgan fingerprint density at radius 1 is 1.33 bits per heavy atom. The predicted octanol–water partition coefficient (Wildman–Crippen LogP) is 2.52. The fraction of sp³-hybridized carbons (Fsp3) is 0.588. The summed E-state index contributed by atoms with van der Waals surface area (Å²) in [6.45, 7) is 9.48. The van der Waals surface area contributed by atoms with Crippen LogP contribution in [0.15, 0.2) is 24.3 Å². The summed E-state index contributed by atoms with van der Waals surface area (Å²) in [4.78, 5) is 13.4. The molecule has 0 bridgehead atoms. The highest BCUT2D eigenvalue weighted by molar-refractivity contribution is 5.80. The molecule has 0 fully saturated rings. The molecule has 0 aliphatic heterocycles. The third-order valence-corrected chi connectivity index (χ3v) is 3.33. The Bertz CT molecular complexity index is 432. The van der Waals surface area contributed by atoms with Gasteiger partial charge in [0.25, 0.3) is 0 Å². The van der Waals surface area contributed by atoms with Gasteiger partial charge < -0.3 is 16.0 Å². The first-order valence-electron chi connectivity index (χ1n) is 7.86. The molecule has 0 radical (unpaired) electrons. The third-order valence-electron chi connectivity index (χ3n) is 3.33. The van der Waals surface area contributed by atoms with Gasteiger partial charge in [-0.2, -0.15) is 0 Å². The predicted molar refractivity (Wildman–Crippen MR) is 89.3 cm³/mol. The Kier molecular flexibility index (Phi) is 7.83. The SMILES string of the molecule is CCCCN(CC(N)=O)c1ccccc1CNCC(C)C. The number of rotatable bonds is 10. The number of carbonyl (C=O) groups excluding carboxylic acids is 1. The van der Waals surface area contributed by atoms with Gasteiger partial charge in [-0.15, -0.1) is 0 Å². The van der Waals surface area contributed by atoms with Gasteiger partial charge in [0.1, 0.15) is 0 Å². The van der Waals surface area contributed by atoms with E-state index in [1.165, 1.54) is 5.56 Å². The molecule has 1 aromatic rings. The van der Waals surface area contributed by atoms with E-state index < -0.39 is 0 Å². The number of nitrogens with two attached hydrogens (primary N) is 1. The number of hydrogen-bond acceptors (Lipinski definition) is 3. The molecule has 118 valence electrons. The van der Waals surface area contributed by atoms with Gasteiger partial charge in [0.2, 0.25) is 5.91 Å². The number of nitrogens with zero attached hydrogens (tertiary/aromatic N) is 1. The lowest BCUT2D eigenvalue weighted by atomic mass is 10.1. The van der Waals surface area contributed by atoms with Crippen LogP contribution in [0.2, 0.25) is 0 Å². The van der Waals surface area contributed by atoms with Crippen LogP contribution in [-0.4, -0.2) is 25.5 Å². The monoisotopic (exact) mass is 291 g/mol. The molecule has 21 heavy (non-hydrogen) atoms. The molecule has 0 saturated carbocycles. The van der Waals surface area contributed by atoms with Gasteiger partial charge >= 0.3 is 0 Å². The molecule has 1 amide bonds. The number of para-hydroxylation sites is 1. The van der Waals surface area contributed by atoms with Crippen molar-refractivity contribution in [2.45, 2.75) is 40.2 Å². The number of unbranched alkanes of at least 4 members (excludes halogenated alkanes) is 1. The summed E-state index contributed by atoms with van der Waals surface area (Å²) < 4.78 is 0. The third kappa shape index (κ3) is 6.63. The van der Waals surface area contributed by atoms with E-state index in [1.807, 2.05) is 12.1 Å². The van der Waals surface area contributed by atoms with Crippen molar-refractivity contribution in [3.05, 3.63) is 29.8 Å². The highest BCUT2D eigenvalue weighted by atomic mass is 16.1. The van der Waals surface area contributed by atoms with E-state index in [-0.39, 0.29) is 12.5 Å². The quantitative estimate of drug-likeness (QED) is 0.696. The van der Waals surface area contributed by atoms with Crippen LogP contribution in [0.3, 0.4) is 0 Å². The van der Waals surface area contributed by atoms with Crippen molar-refractivity contribution in [3.63, 3.8) is 0 Å². The van der Waals surface area contributed by atoms with Crippen molar-refractivity contribution in [3.8, 4) is 0 Å². The van der Waals surface area contributed by atoms with Gasteiger partial charge in [0, 0.05) is 18.8 Å². The molecular formula is C17H29N3O. The Balaban J connectivity index is 2.82. The minimum atomic E-state index is -0.281. The lowest BCUT2D eigenvalue weighted by molar-refractivity contribution is -0.116. The summed E-state index contributed by atoms with van der Waals surface area (Å²) in [5.41, 5.74) is 7.73. The van der Waals surface area contributed by atoms with E-state index in [9.17, 15) is 4.79 Å². The Morgan fingerprint density at radius 2 is 2.05 bits per heavy atom. The number of anilines is 1. The molecule has 3 N–H and O–H groups in total. The number of amides is 1. The second kappa shape index (κ2) is 9.40. The Morgan fingerprint density at radius 3 is 2.67 bits per heavy atom. The van der Waals surface area contributed by atoms with Gasteiger partial charge in [0.05, 0.1) is 6.54 Å². The lowest BCUT2D eigenvalue weighted by Crippen LogP contribution is -2.35. The summed E-state index contributed by atoms with van der Waals surface area (Å²) >= 11 is 0. The summed E-state index contributed by atoms with van der Waals surface area (Å²) in [6.07, 6.45) is 2.16. The molecule has 4 heteroatoms. The van der Waals surface area contributed by atoms with Gasteiger partial charge in [0.15, 0.2) is 0 Å². The van der Waals surface area contributed by atoms with E-state index in [4.69, 9.17) is 5.73 Å². The first-order valence-corrected chi connectivity index (χ1v) is 7.86. The van der Waals surface area contributed by atoms with Gasteiger partial charge in [-0.05, 0) is 30.5 Å². The van der Waals surface area contributed by atoms with Gasteiger partial charge in [-0.1, -0.05) is 45.4 Å². The summed E-state index contributed by atoms with van der Waals surface area (Å²) in [5.74, 6) is 0.343. The smallest absolute Gasteiger partial charge is 0.236 e. The molecule has 4 nitrogen and oxygen atoms in total.